The third kappa shape index (κ3) is 4.83. The van der Waals surface area contributed by atoms with Crippen LogP contribution >= 0.6 is 35.0 Å². The van der Waals surface area contributed by atoms with Crippen molar-refractivity contribution in [1.82, 2.24) is 9.55 Å². The van der Waals surface area contributed by atoms with Gasteiger partial charge in [0, 0.05) is 22.5 Å². The van der Waals surface area contributed by atoms with Crippen LogP contribution in [-0.4, -0.2) is 21.2 Å². The predicted molar refractivity (Wildman–Crippen MR) is 110 cm³/mol. The molecule has 3 rings (SSSR count). The summed E-state index contributed by atoms with van der Waals surface area (Å²) in [5.41, 5.74) is 6.46. The summed E-state index contributed by atoms with van der Waals surface area (Å²) in [5, 5.41) is 3.30. The standard InChI is InChI=1S/C18H13Cl2FN4O2S/c19-10-1-4-12(5-2-10)25-15(22)8-16(26)24-18(25)28-9-17(27)23-11-3-6-14(21)13(20)7-11/h1-8H,9,22H2,(H,23,27). The van der Waals surface area contributed by atoms with Crippen LogP contribution in [0.2, 0.25) is 10.0 Å². The number of nitrogens with two attached hydrogens (primary N) is 1. The van der Waals surface area contributed by atoms with E-state index in [4.69, 9.17) is 28.9 Å². The number of halogens is 3. The van der Waals surface area contributed by atoms with Gasteiger partial charge in [-0.25, -0.2) is 4.39 Å². The Morgan fingerprint density at radius 3 is 2.57 bits per heavy atom. The second-order valence-corrected chi connectivity index (χ2v) is 7.37. The van der Waals surface area contributed by atoms with Gasteiger partial charge in [-0.3, -0.25) is 14.2 Å². The van der Waals surface area contributed by atoms with Gasteiger partial charge in [0.15, 0.2) is 5.16 Å². The number of hydrogen-bond donors (Lipinski definition) is 2. The molecule has 10 heteroatoms. The van der Waals surface area contributed by atoms with Crippen molar-refractivity contribution in [2.24, 2.45) is 0 Å². The molecule has 0 spiro atoms. The van der Waals surface area contributed by atoms with Crippen molar-refractivity contribution >= 4 is 52.4 Å². The molecule has 0 aliphatic heterocycles. The summed E-state index contributed by atoms with van der Waals surface area (Å²) < 4.78 is 14.7. The first-order chi connectivity index (χ1) is 13.3. The highest BCUT2D eigenvalue weighted by Gasteiger charge is 2.13. The van der Waals surface area contributed by atoms with Gasteiger partial charge in [-0.15, -0.1) is 0 Å². The minimum Gasteiger partial charge on any atom is -0.385 e. The molecule has 1 amide bonds. The molecule has 1 aromatic heterocycles. The summed E-state index contributed by atoms with van der Waals surface area (Å²) >= 11 is 12.6. The highest BCUT2D eigenvalue weighted by atomic mass is 35.5. The van der Waals surface area contributed by atoms with Crippen LogP contribution in [0.5, 0.6) is 0 Å². The zero-order valence-corrected chi connectivity index (χ0v) is 16.5. The molecule has 0 aliphatic rings. The smallest absolute Gasteiger partial charge is 0.275 e. The number of carbonyl (C=O) groups excluding carboxylic acids is 1. The van der Waals surface area contributed by atoms with Crippen LogP contribution in [0.4, 0.5) is 15.9 Å². The van der Waals surface area contributed by atoms with Crippen molar-refractivity contribution in [3.05, 3.63) is 74.7 Å². The maximum absolute atomic E-state index is 13.2. The number of nitrogen functional groups attached to an aromatic ring is 1. The minimum absolute atomic E-state index is 0.0571. The number of amides is 1. The van der Waals surface area contributed by atoms with E-state index in [2.05, 4.69) is 10.3 Å². The lowest BCUT2D eigenvalue weighted by Gasteiger charge is -2.14. The average molecular weight is 439 g/mol. The number of nitrogens with one attached hydrogen (secondary N) is 1. The molecule has 3 N–H and O–H groups in total. The van der Waals surface area contributed by atoms with Gasteiger partial charge in [0.05, 0.1) is 10.8 Å². The molecule has 0 aliphatic carbocycles. The number of thioether (sulfide) groups is 1. The van der Waals surface area contributed by atoms with E-state index in [0.29, 0.717) is 16.4 Å². The van der Waals surface area contributed by atoms with E-state index < -0.39 is 11.4 Å². The molecule has 0 bridgehead atoms. The molecule has 6 nitrogen and oxygen atoms in total. The van der Waals surface area contributed by atoms with E-state index in [9.17, 15) is 14.0 Å². The van der Waals surface area contributed by atoms with Crippen LogP contribution in [0.15, 0.2) is 58.5 Å². The Hall–Kier alpha value is -2.55. The summed E-state index contributed by atoms with van der Waals surface area (Å²) in [6.45, 7) is 0. The number of benzene rings is 2. The van der Waals surface area contributed by atoms with Gasteiger partial charge in [-0.05, 0) is 42.5 Å². The van der Waals surface area contributed by atoms with Crippen molar-refractivity contribution < 1.29 is 9.18 Å². The lowest BCUT2D eigenvalue weighted by atomic mass is 10.3. The number of anilines is 2. The lowest BCUT2D eigenvalue weighted by molar-refractivity contribution is -0.113. The number of aromatic nitrogens is 2. The topological polar surface area (TPSA) is 90.0 Å². The summed E-state index contributed by atoms with van der Waals surface area (Å²) in [6.07, 6.45) is 0. The average Bonchev–Trinajstić information content (AvgIpc) is 2.64. The second kappa shape index (κ2) is 8.64. The molecule has 0 unspecified atom stereocenters. The third-order valence-corrected chi connectivity index (χ3v) is 5.03. The van der Waals surface area contributed by atoms with Crippen LogP contribution in [0.3, 0.4) is 0 Å². The number of carbonyl (C=O) groups is 1. The fourth-order valence-electron chi connectivity index (χ4n) is 2.33. The largest absolute Gasteiger partial charge is 0.385 e. The van der Waals surface area contributed by atoms with Gasteiger partial charge in [-0.2, -0.15) is 4.98 Å². The van der Waals surface area contributed by atoms with Crippen molar-refractivity contribution in [3.8, 4) is 5.69 Å². The van der Waals surface area contributed by atoms with Crippen molar-refractivity contribution in [2.75, 3.05) is 16.8 Å². The van der Waals surface area contributed by atoms with Gasteiger partial charge < -0.3 is 11.1 Å². The fourth-order valence-corrected chi connectivity index (χ4v) is 3.46. The van der Waals surface area contributed by atoms with Gasteiger partial charge >= 0.3 is 0 Å². The van der Waals surface area contributed by atoms with E-state index in [-0.39, 0.29) is 27.7 Å². The first-order valence-corrected chi connectivity index (χ1v) is 9.61. The molecule has 2 aromatic carbocycles. The molecular formula is C18H13Cl2FN4O2S. The molecule has 0 saturated carbocycles. The Morgan fingerprint density at radius 1 is 1.18 bits per heavy atom. The highest BCUT2D eigenvalue weighted by molar-refractivity contribution is 7.99. The summed E-state index contributed by atoms with van der Waals surface area (Å²) in [6, 6.07) is 11.8. The molecule has 0 fully saturated rings. The van der Waals surface area contributed by atoms with Crippen LogP contribution < -0.4 is 16.6 Å². The van der Waals surface area contributed by atoms with E-state index in [0.717, 1.165) is 17.8 Å². The molecule has 0 radical (unpaired) electrons. The summed E-state index contributed by atoms with van der Waals surface area (Å²) in [4.78, 5) is 27.9. The van der Waals surface area contributed by atoms with E-state index in [1.807, 2.05) is 0 Å². The molecule has 1 heterocycles. The number of hydrogen-bond acceptors (Lipinski definition) is 5. The number of rotatable bonds is 5. The lowest BCUT2D eigenvalue weighted by Crippen LogP contribution is -2.19. The SMILES string of the molecule is Nc1cc(=O)nc(SCC(=O)Nc2ccc(F)c(Cl)c2)n1-c1ccc(Cl)cc1. The third-order valence-electron chi connectivity index (χ3n) is 3.55. The van der Waals surface area contributed by atoms with Crippen molar-refractivity contribution in [3.63, 3.8) is 0 Å². The zero-order chi connectivity index (χ0) is 20.3. The summed E-state index contributed by atoms with van der Waals surface area (Å²) in [5.74, 6) is -0.842. The maximum Gasteiger partial charge on any atom is 0.275 e. The van der Waals surface area contributed by atoms with Gasteiger partial charge in [0.25, 0.3) is 5.56 Å². The van der Waals surface area contributed by atoms with Gasteiger partial charge in [0.2, 0.25) is 5.91 Å². The Labute approximate surface area is 173 Å². The Kier molecular flexibility index (Phi) is 6.23. The zero-order valence-electron chi connectivity index (χ0n) is 14.2. The van der Waals surface area contributed by atoms with Crippen LogP contribution in [0, 0.1) is 5.82 Å². The Bertz CT molecular complexity index is 1090. The molecule has 0 saturated heterocycles. The van der Waals surface area contributed by atoms with Crippen molar-refractivity contribution in [2.45, 2.75) is 5.16 Å². The molecular weight excluding hydrogens is 426 g/mol. The Balaban J connectivity index is 1.80. The van der Waals surface area contributed by atoms with E-state index in [1.165, 1.54) is 18.2 Å². The first-order valence-electron chi connectivity index (χ1n) is 7.87. The monoisotopic (exact) mass is 438 g/mol. The molecule has 0 atom stereocenters. The van der Waals surface area contributed by atoms with Crippen LogP contribution in [0.25, 0.3) is 5.69 Å². The molecule has 144 valence electrons. The summed E-state index contributed by atoms with van der Waals surface area (Å²) in [7, 11) is 0. The van der Waals surface area contributed by atoms with E-state index in [1.54, 1.807) is 28.8 Å². The minimum atomic E-state index is -0.579. The predicted octanol–water partition coefficient (Wildman–Crippen LogP) is 3.99. The highest BCUT2D eigenvalue weighted by Crippen LogP contribution is 2.24. The van der Waals surface area contributed by atoms with Gasteiger partial charge in [-0.1, -0.05) is 35.0 Å². The Morgan fingerprint density at radius 2 is 1.89 bits per heavy atom. The number of nitrogens with zero attached hydrogens (tertiary/aromatic N) is 2. The van der Waals surface area contributed by atoms with Gasteiger partial charge in [0.1, 0.15) is 11.6 Å². The first kappa shape index (κ1) is 20.2. The van der Waals surface area contributed by atoms with Crippen molar-refractivity contribution in [1.29, 1.82) is 0 Å². The van der Waals surface area contributed by atoms with Crippen LogP contribution in [0.1, 0.15) is 0 Å². The molecule has 3 aromatic rings. The normalized spacial score (nSPS) is 10.7. The molecule has 28 heavy (non-hydrogen) atoms. The van der Waals surface area contributed by atoms with E-state index >= 15 is 0 Å². The quantitative estimate of drug-likeness (QED) is 0.464. The fraction of sp³-hybridized carbons (Fsp3) is 0.0556. The van der Waals surface area contributed by atoms with Crippen LogP contribution in [-0.2, 0) is 4.79 Å². The second-order valence-electron chi connectivity index (χ2n) is 5.58. The maximum atomic E-state index is 13.2.